The summed E-state index contributed by atoms with van der Waals surface area (Å²) in [6.45, 7) is 14.2. The molecule has 1 aromatic heterocycles. The number of hydrogen-bond acceptors (Lipinski definition) is 4. The summed E-state index contributed by atoms with van der Waals surface area (Å²) >= 11 is 0. The summed E-state index contributed by atoms with van der Waals surface area (Å²) in [5, 5.41) is 3.40. The van der Waals surface area contributed by atoms with Gasteiger partial charge in [-0.15, -0.1) is 0 Å². The normalized spacial score (nSPS) is 13.5. The minimum atomic E-state index is -0.348. The first-order valence-electron chi connectivity index (χ1n) is 7.75. The van der Waals surface area contributed by atoms with Gasteiger partial charge >= 0.3 is 0 Å². The highest BCUT2D eigenvalue weighted by Crippen LogP contribution is 2.31. The van der Waals surface area contributed by atoms with Crippen molar-refractivity contribution in [3.63, 3.8) is 0 Å². The molecule has 1 atom stereocenters. The van der Waals surface area contributed by atoms with E-state index in [-0.39, 0.29) is 11.6 Å². The molecule has 4 heteroatoms. The summed E-state index contributed by atoms with van der Waals surface area (Å²) in [6.07, 6.45) is 3.72. The summed E-state index contributed by atoms with van der Waals surface area (Å²) in [7, 11) is 0. The summed E-state index contributed by atoms with van der Waals surface area (Å²) < 4.78 is 5.98. The summed E-state index contributed by atoms with van der Waals surface area (Å²) in [5.74, 6) is 0.814. The summed E-state index contributed by atoms with van der Waals surface area (Å²) in [6, 6.07) is 0.277. The Bertz CT molecular complexity index is 416. The van der Waals surface area contributed by atoms with Crippen molar-refractivity contribution in [2.45, 2.75) is 66.0 Å². The fraction of sp³-hybridized carbons (Fsp3) is 0.750. The van der Waals surface area contributed by atoms with Gasteiger partial charge in [0, 0.05) is 30.1 Å². The number of nitrogens with one attached hydrogen (secondary N) is 1. The minimum absolute atomic E-state index is 0.277. The van der Waals surface area contributed by atoms with E-state index in [1.807, 2.05) is 13.1 Å². The van der Waals surface area contributed by atoms with E-state index in [1.165, 1.54) is 0 Å². The van der Waals surface area contributed by atoms with Gasteiger partial charge in [0.05, 0.1) is 0 Å². The zero-order valence-corrected chi connectivity index (χ0v) is 13.8. The SMILES string of the molecule is CCNC(C)c1cnc(C(CC)(CC)OCC)nc1C. The number of aromatic nitrogens is 2. The van der Waals surface area contributed by atoms with E-state index in [0.29, 0.717) is 6.61 Å². The van der Waals surface area contributed by atoms with Crippen LogP contribution in [0.1, 0.15) is 70.6 Å². The van der Waals surface area contributed by atoms with Crippen molar-refractivity contribution < 1.29 is 4.74 Å². The molecule has 0 aliphatic heterocycles. The monoisotopic (exact) mass is 279 g/mol. The number of nitrogens with zero attached hydrogens (tertiary/aromatic N) is 2. The maximum atomic E-state index is 5.98. The standard InChI is InChI=1S/C16H29N3O/c1-7-16(8-2,20-10-4)15-18-11-14(13(6)19-15)12(5)17-9-3/h11-12,17H,7-10H2,1-6H3. The molecule has 0 aliphatic rings. The Balaban J connectivity index is 3.12. The molecule has 20 heavy (non-hydrogen) atoms. The van der Waals surface area contributed by atoms with Gasteiger partial charge in [-0.25, -0.2) is 9.97 Å². The zero-order valence-electron chi connectivity index (χ0n) is 13.8. The molecule has 0 radical (unpaired) electrons. The van der Waals surface area contributed by atoms with E-state index >= 15 is 0 Å². The van der Waals surface area contributed by atoms with Crippen molar-refractivity contribution in [1.82, 2.24) is 15.3 Å². The van der Waals surface area contributed by atoms with Crippen LogP contribution in [0.5, 0.6) is 0 Å². The smallest absolute Gasteiger partial charge is 0.160 e. The molecule has 0 fully saturated rings. The number of aryl methyl sites for hydroxylation is 1. The quantitative estimate of drug-likeness (QED) is 0.791. The van der Waals surface area contributed by atoms with Gasteiger partial charge in [-0.1, -0.05) is 20.8 Å². The third kappa shape index (κ3) is 3.55. The lowest BCUT2D eigenvalue weighted by Crippen LogP contribution is -2.31. The topological polar surface area (TPSA) is 47.0 Å². The van der Waals surface area contributed by atoms with Crippen LogP contribution in [0.4, 0.5) is 0 Å². The highest BCUT2D eigenvalue weighted by Gasteiger charge is 2.32. The van der Waals surface area contributed by atoms with Gasteiger partial charge in [0.15, 0.2) is 5.82 Å². The Morgan fingerprint density at radius 2 is 1.90 bits per heavy atom. The van der Waals surface area contributed by atoms with Gasteiger partial charge < -0.3 is 10.1 Å². The van der Waals surface area contributed by atoms with E-state index < -0.39 is 0 Å². The maximum absolute atomic E-state index is 5.98. The van der Waals surface area contributed by atoms with Crippen LogP contribution < -0.4 is 5.32 Å². The van der Waals surface area contributed by atoms with Gasteiger partial charge in [-0.05, 0) is 40.2 Å². The molecular formula is C16H29N3O. The van der Waals surface area contributed by atoms with Crippen LogP contribution in [-0.4, -0.2) is 23.1 Å². The number of hydrogen-bond donors (Lipinski definition) is 1. The molecule has 0 amide bonds. The van der Waals surface area contributed by atoms with E-state index in [0.717, 1.165) is 36.5 Å². The third-order valence-electron chi connectivity index (χ3n) is 3.96. The van der Waals surface area contributed by atoms with Crippen LogP contribution in [0.3, 0.4) is 0 Å². The molecule has 0 aliphatic carbocycles. The molecule has 1 N–H and O–H groups in total. The first kappa shape index (κ1) is 17.1. The number of ether oxygens (including phenoxy) is 1. The van der Waals surface area contributed by atoms with Crippen LogP contribution >= 0.6 is 0 Å². The predicted octanol–water partition coefficient (Wildman–Crippen LogP) is 3.51. The molecule has 0 aromatic carbocycles. The van der Waals surface area contributed by atoms with Crippen LogP contribution in [0.2, 0.25) is 0 Å². The Morgan fingerprint density at radius 1 is 1.25 bits per heavy atom. The predicted molar refractivity (Wildman–Crippen MR) is 82.7 cm³/mol. The maximum Gasteiger partial charge on any atom is 0.160 e. The molecule has 1 aromatic rings. The van der Waals surface area contributed by atoms with Gasteiger partial charge in [0.2, 0.25) is 0 Å². The second-order valence-corrected chi connectivity index (χ2v) is 5.15. The van der Waals surface area contributed by atoms with Crippen molar-refractivity contribution in [1.29, 1.82) is 0 Å². The second-order valence-electron chi connectivity index (χ2n) is 5.15. The molecule has 0 saturated heterocycles. The Labute approximate surface area is 123 Å². The van der Waals surface area contributed by atoms with Crippen LogP contribution in [0.25, 0.3) is 0 Å². The van der Waals surface area contributed by atoms with E-state index in [2.05, 4.69) is 44.9 Å². The van der Waals surface area contributed by atoms with Crippen LogP contribution in [-0.2, 0) is 10.3 Å². The van der Waals surface area contributed by atoms with Crippen molar-refractivity contribution in [3.05, 3.63) is 23.3 Å². The summed E-state index contributed by atoms with van der Waals surface area (Å²) in [5.41, 5.74) is 1.85. The van der Waals surface area contributed by atoms with Crippen LogP contribution in [0, 0.1) is 6.92 Å². The highest BCUT2D eigenvalue weighted by molar-refractivity contribution is 5.21. The molecule has 0 bridgehead atoms. The number of rotatable bonds is 8. The second kappa shape index (κ2) is 7.70. The van der Waals surface area contributed by atoms with E-state index in [9.17, 15) is 0 Å². The van der Waals surface area contributed by atoms with Gasteiger partial charge in [-0.3, -0.25) is 0 Å². The Kier molecular flexibility index (Phi) is 6.56. The highest BCUT2D eigenvalue weighted by atomic mass is 16.5. The van der Waals surface area contributed by atoms with Crippen molar-refractivity contribution in [3.8, 4) is 0 Å². The van der Waals surface area contributed by atoms with Crippen molar-refractivity contribution >= 4 is 0 Å². The molecule has 0 spiro atoms. The van der Waals surface area contributed by atoms with Gasteiger partial charge in [0.25, 0.3) is 0 Å². The lowest BCUT2D eigenvalue weighted by Gasteiger charge is -2.30. The molecular weight excluding hydrogens is 250 g/mol. The zero-order chi connectivity index (χ0) is 15.2. The molecule has 1 rings (SSSR count). The first-order valence-corrected chi connectivity index (χ1v) is 7.75. The van der Waals surface area contributed by atoms with Crippen molar-refractivity contribution in [2.24, 2.45) is 0 Å². The molecule has 0 saturated carbocycles. The lowest BCUT2D eigenvalue weighted by atomic mass is 9.95. The molecule has 114 valence electrons. The molecule has 1 heterocycles. The Hall–Kier alpha value is -1.00. The average Bonchev–Trinajstić information content (AvgIpc) is 2.45. The van der Waals surface area contributed by atoms with Crippen molar-refractivity contribution in [2.75, 3.05) is 13.2 Å². The Morgan fingerprint density at radius 3 is 2.35 bits per heavy atom. The largest absolute Gasteiger partial charge is 0.367 e. The fourth-order valence-electron chi connectivity index (χ4n) is 2.65. The third-order valence-corrected chi connectivity index (χ3v) is 3.96. The fourth-order valence-corrected chi connectivity index (χ4v) is 2.65. The molecule has 1 unspecified atom stereocenters. The lowest BCUT2D eigenvalue weighted by molar-refractivity contribution is -0.0573. The van der Waals surface area contributed by atoms with Gasteiger partial charge in [-0.2, -0.15) is 0 Å². The van der Waals surface area contributed by atoms with E-state index in [4.69, 9.17) is 9.72 Å². The first-order chi connectivity index (χ1) is 9.54. The van der Waals surface area contributed by atoms with E-state index in [1.54, 1.807) is 0 Å². The van der Waals surface area contributed by atoms with Gasteiger partial charge in [0.1, 0.15) is 5.60 Å². The average molecular weight is 279 g/mol. The van der Waals surface area contributed by atoms with Crippen LogP contribution in [0.15, 0.2) is 6.20 Å². The minimum Gasteiger partial charge on any atom is -0.367 e. The molecule has 4 nitrogen and oxygen atoms in total. The summed E-state index contributed by atoms with van der Waals surface area (Å²) in [4.78, 5) is 9.33.